The number of carbonyl (C=O) groups excluding carboxylic acids is 1. The SMILES string of the molecule is Cc1cccc(NC(=O)c2snnc2C)n1. The highest BCUT2D eigenvalue weighted by Gasteiger charge is 2.13. The minimum Gasteiger partial charge on any atom is -0.306 e. The summed E-state index contributed by atoms with van der Waals surface area (Å²) in [6, 6.07) is 5.46. The Bertz CT molecular complexity index is 523. The summed E-state index contributed by atoms with van der Waals surface area (Å²) in [4.78, 5) is 16.5. The van der Waals surface area contributed by atoms with Crippen LogP contribution in [0.2, 0.25) is 0 Å². The van der Waals surface area contributed by atoms with Gasteiger partial charge in [-0.1, -0.05) is 10.6 Å². The van der Waals surface area contributed by atoms with Crippen molar-refractivity contribution in [2.75, 3.05) is 5.32 Å². The predicted octanol–water partition coefficient (Wildman–Crippen LogP) is 1.80. The number of rotatable bonds is 2. The zero-order valence-corrected chi connectivity index (χ0v) is 9.71. The monoisotopic (exact) mass is 234 g/mol. The van der Waals surface area contributed by atoms with E-state index < -0.39 is 0 Å². The molecule has 0 saturated carbocycles. The number of hydrogen-bond acceptors (Lipinski definition) is 5. The van der Waals surface area contributed by atoms with E-state index in [2.05, 4.69) is 19.9 Å². The van der Waals surface area contributed by atoms with Crippen LogP contribution >= 0.6 is 11.5 Å². The maximum absolute atomic E-state index is 11.8. The fourth-order valence-electron chi connectivity index (χ4n) is 1.23. The number of nitrogens with one attached hydrogen (secondary N) is 1. The zero-order chi connectivity index (χ0) is 11.5. The summed E-state index contributed by atoms with van der Waals surface area (Å²) < 4.78 is 3.71. The number of anilines is 1. The van der Waals surface area contributed by atoms with E-state index in [4.69, 9.17) is 0 Å². The van der Waals surface area contributed by atoms with Gasteiger partial charge in [0.1, 0.15) is 10.7 Å². The van der Waals surface area contributed by atoms with Crippen LogP contribution < -0.4 is 5.32 Å². The number of aromatic nitrogens is 3. The molecule has 0 fully saturated rings. The molecule has 0 bridgehead atoms. The quantitative estimate of drug-likeness (QED) is 0.860. The van der Waals surface area contributed by atoms with E-state index in [9.17, 15) is 4.79 Å². The van der Waals surface area contributed by atoms with E-state index in [0.717, 1.165) is 17.2 Å². The van der Waals surface area contributed by atoms with Crippen LogP contribution in [0, 0.1) is 13.8 Å². The lowest BCUT2D eigenvalue weighted by molar-refractivity contribution is 0.102. The fraction of sp³-hybridized carbons (Fsp3) is 0.200. The number of amides is 1. The van der Waals surface area contributed by atoms with E-state index >= 15 is 0 Å². The largest absolute Gasteiger partial charge is 0.306 e. The number of hydrogen-bond donors (Lipinski definition) is 1. The van der Waals surface area contributed by atoms with Crippen molar-refractivity contribution in [3.05, 3.63) is 34.5 Å². The molecule has 2 aromatic rings. The van der Waals surface area contributed by atoms with Crippen LogP contribution in [-0.2, 0) is 0 Å². The number of nitrogens with zero attached hydrogens (tertiary/aromatic N) is 3. The fourth-order valence-corrected chi connectivity index (χ4v) is 1.78. The molecule has 0 aliphatic rings. The lowest BCUT2D eigenvalue weighted by atomic mass is 10.3. The summed E-state index contributed by atoms with van der Waals surface area (Å²) in [6.07, 6.45) is 0. The minimum absolute atomic E-state index is 0.217. The molecule has 0 radical (unpaired) electrons. The Morgan fingerprint density at radius 1 is 1.38 bits per heavy atom. The van der Waals surface area contributed by atoms with Crippen molar-refractivity contribution < 1.29 is 4.79 Å². The number of pyridine rings is 1. The van der Waals surface area contributed by atoms with Gasteiger partial charge in [0.15, 0.2) is 0 Å². The van der Waals surface area contributed by atoms with Crippen molar-refractivity contribution in [2.45, 2.75) is 13.8 Å². The topological polar surface area (TPSA) is 67.8 Å². The van der Waals surface area contributed by atoms with Gasteiger partial charge in [0.25, 0.3) is 5.91 Å². The lowest BCUT2D eigenvalue weighted by Crippen LogP contribution is -2.12. The van der Waals surface area contributed by atoms with Crippen molar-refractivity contribution in [3.63, 3.8) is 0 Å². The second-order valence-electron chi connectivity index (χ2n) is 3.31. The Hall–Kier alpha value is -1.82. The molecule has 2 heterocycles. The average Bonchev–Trinajstić information content (AvgIpc) is 2.64. The Labute approximate surface area is 96.7 Å². The third kappa shape index (κ3) is 2.22. The number of carbonyl (C=O) groups is 1. The third-order valence-corrected chi connectivity index (χ3v) is 2.81. The van der Waals surface area contributed by atoms with Gasteiger partial charge in [0.2, 0.25) is 0 Å². The Morgan fingerprint density at radius 2 is 2.19 bits per heavy atom. The molecule has 0 saturated heterocycles. The third-order valence-electron chi connectivity index (χ3n) is 1.99. The Kier molecular flexibility index (Phi) is 2.91. The van der Waals surface area contributed by atoms with Gasteiger partial charge in [-0.2, -0.15) is 0 Å². The molecular weight excluding hydrogens is 224 g/mol. The van der Waals surface area contributed by atoms with Gasteiger partial charge < -0.3 is 5.32 Å². The molecular formula is C10H10N4OS. The first-order valence-corrected chi connectivity index (χ1v) is 5.48. The lowest BCUT2D eigenvalue weighted by Gasteiger charge is -2.02. The maximum Gasteiger partial charge on any atom is 0.270 e. The van der Waals surface area contributed by atoms with Gasteiger partial charge in [-0.15, -0.1) is 5.10 Å². The first-order valence-electron chi connectivity index (χ1n) is 4.71. The maximum atomic E-state index is 11.8. The van der Waals surface area contributed by atoms with Crippen molar-refractivity contribution in [1.82, 2.24) is 14.6 Å². The molecule has 82 valence electrons. The van der Waals surface area contributed by atoms with Crippen LogP contribution in [0.25, 0.3) is 0 Å². The first kappa shape index (κ1) is 10.7. The van der Waals surface area contributed by atoms with Crippen LogP contribution in [-0.4, -0.2) is 20.5 Å². The van der Waals surface area contributed by atoms with Crippen molar-refractivity contribution in [2.24, 2.45) is 0 Å². The van der Waals surface area contributed by atoms with Gasteiger partial charge in [-0.25, -0.2) is 4.98 Å². The van der Waals surface area contributed by atoms with Crippen LogP contribution in [0.1, 0.15) is 21.1 Å². The second-order valence-corrected chi connectivity index (χ2v) is 4.06. The molecule has 2 rings (SSSR count). The van der Waals surface area contributed by atoms with Crippen LogP contribution in [0.3, 0.4) is 0 Å². The van der Waals surface area contributed by atoms with Gasteiger partial charge >= 0.3 is 0 Å². The van der Waals surface area contributed by atoms with Crippen molar-refractivity contribution in [1.29, 1.82) is 0 Å². The molecule has 0 aliphatic heterocycles. The average molecular weight is 234 g/mol. The summed E-state index contributed by atoms with van der Waals surface area (Å²) in [5.74, 6) is 0.323. The molecule has 0 unspecified atom stereocenters. The van der Waals surface area contributed by atoms with Crippen molar-refractivity contribution in [3.8, 4) is 0 Å². The molecule has 0 aliphatic carbocycles. The smallest absolute Gasteiger partial charge is 0.270 e. The molecule has 6 heteroatoms. The second kappa shape index (κ2) is 4.36. The first-order chi connectivity index (χ1) is 7.66. The summed E-state index contributed by atoms with van der Waals surface area (Å²) in [7, 11) is 0. The highest BCUT2D eigenvalue weighted by molar-refractivity contribution is 7.08. The molecule has 2 aromatic heterocycles. The van der Waals surface area contributed by atoms with E-state index in [1.807, 2.05) is 19.1 Å². The molecule has 16 heavy (non-hydrogen) atoms. The molecule has 0 aromatic carbocycles. The van der Waals surface area contributed by atoms with E-state index in [-0.39, 0.29) is 5.91 Å². The van der Waals surface area contributed by atoms with Crippen LogP contribution in [0.5, 0.6) is 0 Å². The summed E-state index contributed by atoms with van der Waals surface area (Å²) in [5.41, 5.74) is 1.49. The summed E-state index contributed by atoms with van der Waals surface area (Å²) in [6.45, 7) is 3.62. The van der Waals surface area contributed by atoms with Crippen LogP contribution in [0.4, 0.5) is 5.82 Å². The van der Waals surface area contributed by atoms with Gasteiger partial charge in [-0.05, 0) is 37.5 Å². The van der Waals surface area contributed by atoms with Crippen molar-refractivity contribution >= 4 is 23.3 Å². The van der Waals surface area contributed by atoms with E-state index in [0.29, 0.717) is 16.4 Å². The molecule has 1 amide bonds. The Morgan fingerprint density at radius 3 is 2.81 bits per heavy atom. The molecule has 0 atom stereocenters. The normalized spacial score (nSPS) is 10.1. The molecule has 0 spiro atoms. The van der Waals surface area contributed by atoms with E-state index in [1.54, 1.807) is 13.0 Å². The zero-order valence-electron chi connectivity index (χ0n) is 8.89. The summed E-state index contributed by atoms with van der Waals surface area (Å²) in [5, 5.41) is 6.49. The minimum atomic E-state index is -0.217. The van der Waals surface area contributed by atoms with E-state index in [1.165, 1.54) is 0 Å². The predicted molar refractivity (Wildman–Crippen MR) is 61.6 cm³/mol. The van der Waals surface area contributed by atoms with Crippen LogP contribution in [0.15, 0.2) is 18.2 Å². The molecule has 1 N–H and O–H groups in total. The standard InChI is InChI=1S/C10H10N4OS/c1-6-4-3-5-8(11-6)12-10(15)9-7(2)13-14-16-9/h3-5H,1-2H3,(H,11,12,15). The highest BCUT2D eigenvalue weighted by Crippen LogP contribution is 2.12. The Balaban J connectivity index is 2.17. The van der Waals surface area contributed by atoms with Gasteiger partial charge in [0, 0.05) is 5.69 Å². The van der Waals surface area contributed by atoms with Gasteiger partial charge in [-0.3, -0.25) is 4.79 Å². The highest BCUT2D eigenvalue weighted by atomic mass is 32.1. The van der Waals surface area contributed by atoms with Gasteiger partial charge in [0.05, 0.1) is 5.69 Å². The summed E-state index contributed by atoms with van der Waals surface area (Å²) >= 11 is 1.08. The number of aryl methyl sites for hydroxylation is 2. The molecule has 5 nitrogen and oxygen atoms in total.